The van der Waals surface area contributed by atoms with E-state index in [0.29, 0.717) is 0 Å². The number of aliphatic hydroxyl groups is 1. The molecular weight excluding hydrogens is 254 g/mol. The van der Waals surface area contributed by atoms with Crippen molar-refractivity contribution >= 4 is 0 Å². The van der Waals surface area contributed by atoms with E-state index in [1.165, 1.54) is 6.07 Å². The molecule has 0 radical (unpaired) electrons. The van der Waals surface area contributed by atoms with Crippen molar-refractivity contribution in [3.8, 4) is 5.75 Å². The first-order chi connectivity index (χ1) is 8.21. The van der Waals surface area contributed by atoms with Crippen LogP contribution in [-0.2, 0) is 0 Å². The molecule has 102 valence electrons. The molecule has 1 unspecified atom stereocenters. The summed E-state index contributed by atoms with van der Waals surface area (Å²) in [4.78, 5) is 0. The monoisotopic (exact) mass is 267 g/mol. The number of aliphatic hydroxyl groups excluding tert-OH is 1. The summed E-state index contributed by atoms with van der Waals surface area (Å²) >= 11 is 0. The third kappa shape index (κ3) is 3.85. The van der Waals surface area contributed by atoms with Crippen molar-refractivity contribution in [2.75, 3.05) is 6.61 Å². The summed E-state index contributed by atoms with van der Waals surface area (Å²) in [5.41, 5.74) is 5.78. The molecule has 0 saturated carbocycles. The van der Waals surface area contributed by atoms with E-state index in [0.717, 1.165) is 12.1 Å². The summed E-state index contributed by atoms with van der Waals surface area (Å²) < 4.78 is 54.0. The summed E-state index contributed by atoms with van der Waals surface area (Å²) in [6.07, 6.45) is -7.35. The Balaban J connectivity index is 2.79. The molecule has 0 aromatic heterocycles. The lowest BCUT2D eigenvalue weighted by atomic mass is 10.1. The summed E-state index contributed by atoms with van der Waals surface area (Å²) in [6, 6.07) is 2.71. The third-order valence-corrected chi connectivity index (χ3v) is 2.24. The molecule has 0 amide bonds. The molecule has 0 aliphatic rings. The van der Waals surface area contributed by atoms with Crippen LogP contribution < -0.4 is 10.5 Å². The zero-order valence-corrected chi connectivity index (χ0v) is 9.54. The summed E-state index contributed by atoms with van der Waals surface area (Å²) in [5.74, 6) is -0.541. The summed E-state index contributed by atoms with van der Waals surface area (Å²) in [5, 5.41) is 8.78. The quantitative estimate of drug-likeness (QED) is 0.822. The molecule has 3 N–H and O–H groups in total. The Kier molecular flexibility index (Phi) is 4.53. The van der Waals surface area contributed by atoms with Crippen LogP contribution in [0.4, 0.5) is 17.6 Å². The second-order valence-corrected chi connectivity index (χ2v) is 3.84. The van der Waals surface area contributed by atoms with Gasteiger partial charge in [0.2, 0.25) is 0 Å². The molecule has 1 rings (SSSR count). The topological polar surface area (TPSA) is 55.5 Å². The molecule has 1 aromatic rings. The van der Waals surface area contributed by atoms with Crippen LogP contribution in [0.5, 0.6) is 5.75 Å². The van der Waals surface area contributed by atoms with E-state index in [2.05, 4.69) is 0 Å². The highest BCUT2D eigenvalue weighted by Gasteiger charge is 2.38. The first kappa shape index (κ1) is 14.7. The Morgan fingerprint density at radius 1 is 1.39 bits per heavy atom. The zero-order valence-electron chi connectivity index (χ0n) is 9.54. The van der Waals surface area contributed by atoms with Crippen LogP contribution in [0, 0.1) is 5.82 Å². The Hall–Kier alpha value is -1.34. The van der Waals surface area contributed by atoms with Crippen LogP contribution in [0.2, 0.25) is 0 Å². The van der Waals surface area contributed by atoms with Gasteiger partial charge in [0.15, 0.2) is 6.10 Å². The van der Waals surface area contributed by atoms with Crippen LogP contribution in [0.25, 0.3) is 0 Å². The average Bonchev–Trinajstić information content (AvgIpc) is 2.25. The number of halogens is 4. The molecule has 1 aromatic carbocycles. The van der Waals surface area contributed by atoms with Crippen LogP contribution in [0.15, 0.2) is 18.2 Å². The van der Waals surface area contributed by atoms with Crippen molar-refractivity contribution < 1.29 is 27.4 Å². The predicted molar refractivity (Wildman–Crippen MR) is 56.6 cm³/mol. The average molecular weight is 267 g/mol. The Morgan fingerprint density at radius 2 is 2.00 bits per heavy atom. The molecule has 0 spiro atoms. The summed E-state index contributed by atoms with van der Waals surface area (Å²) in [6.45, 7) is 0.580. The van der Waals surface area contributed by atoms with Crippen LogP contribution >= 0.6 is 0 Å². The summed E-state index contributed by atoms with van der Waals surface area (Å²) in [7, 11) is 0. The largest absolute Gasteiger partial charge is 0.490 e. The molecule has 18 heavy (non-hydrogen) atoms. The van der Waals surface area contributed by atoms with Crippen molar-refractivity contribution in [3.63, 3.8) is 0 Å². The number of nitrogens with two attached hydrogens (primary N) is 1. The molecule has 0 aliphatic carbocycles. The first-order valence-corrected chi connectivity index (χ1v) is 5.14. The number of hydrogen-bond donors (Lipinski definition) is 2. The maximum absolute atomic E-state index is 13.0. The van der Waals surface area contributed by atoms with E-state index in [-0.39, 0.29) is 11.3 Å². The Morgan fingerprint density at radius 3 is 2.50 bits per heavy atom. The van der Waals surface area contributed by atoms with E-state index in [1.54, 1.807) is 6.92 Å². The van der Waals surface area contributed by atoms with E-state index >= 15 is 0 Å². The fourth-order valence-corrected chi connectivity index (χ4v) is 1.27. The van der Waals surface area contributed by atoms with Gasteiger partial charge in [-0.05, 0) is 25.1 Å². The molecule has 0 heterocycles. The van der Waals surface area contributed by atoms with E-state index in [1.807, 2.05) is 0 Å². The van der Waals surface area contributed by atoms with Gasteiger partial charge in [0, 0.05) is 11.6 Å². The lowest BCUT2D eigenvalue weighted by molar-refractivity contribution is -0.210. The second-order valence-electron chi connectivity index (χ2n) is 3.84. The molecule has 0 bridgehead atoms. The SMILES string of the molecule is C[C@H](N)c1cc(F)ccc1OCC(O)C(F)(F)F. The number of alkyl halides is 3. The van der Waals surface area contributed by atoms with Gasteiger partial charge in [-0.2, -0.15) is 13.2 Å². The maximum Gasteiger partial charge on any atom is 0.417 e. The van der Waals surface area contributed by atoms with E-state index in [9.17, 15) is 17.6 Å². The van der Waals surface area contributed by atoms with Gasteiger partial charge in [-0.3, -0.25) is 0 Å². The van der Waals surface area contributed by atoms with Crippen molar-refractivity contribution in [1.82, 2.24) is 0 Å². The van der Waals surface area contributed by atoms with E-state index < -0.39 is 30.7 Å². The molecular formula is C11H13F4NO2. The second kappa shape index (κ2) is 5.53. The van der Waals surface area contributed by atoms with Crippen LogP contribution in [0.3, 0.4) is 0 Å². The first-order valence-electron chi connectivity index (χ1n) is 5.14. The number of ether oxygens (including phenoxy) is 1. The number of benzene rings is 1. The maximum atomic E-state index is 13.0. The van der Waals surface area contributed by atoms with E-state index in [4.69, 9.17) is 15.6 Å². The van der Waals surface area contributed by atoms with Gasteiger partial charge in [-0.25, -0.2) is 4.39 Å². The molecule has 7 heteroatoms. The lowest BCUT2D eigenvalue weighted by Crippen LogP contribution is -2.34. The van der Waals surface area contributed by atoms with Crippen molar-refractivity contribution in [2.24, 2.45) is 5.73 Å². The Labute approximate surface area is 101 Å². The number of hydrogen-bond acceptors (Lipinski definition) is 3. The van der Waals surface area contributed by atoms with Gasteiger partial charge >= 0.3 is 6.18 Å². The number of rotatable bonds is 4. The molecule has 0 aliphatic heterocycles. The fraction of sp³-hybridized carbons (Fsp3) is 0.455. The highest BCUT2D eigenvalue weighted by atomic mass is 19.4. The van der Waals surface area contributed by atoms with Crippen molar-refractivity contribution in [3.05, 3.63) is 29.6 Å². The molecule has 0 saturated heterocycles. The Bertz CT molecular complexity index is 407. The normalized spacial score (nSPS) is 15.3. The smallest absolute Gasteiger partial charge is 0.417 e. The van der Waals surface area contributed by atoms with Gasteiger partial charge in [-0.15, -0.1) is 0 Å². The van der Waals surface area contributed by atoms with Gasteiger partial charge in [-0.1, -0.05) is 0 Å². The third-order valence-electron chi connectivity index (χ3n) is 2.24. The minimum atomic E-state index is -4.76. The predicted octanol–water partition coefficient (Wildman–Crippen LogP) is 2.15. The van der Waals surface area contributed by atoms with Gasteiger partial charge in [0.05, 0.1) is 0 Å². The molecule has 0 fully saturated rings. The van der Waals surface area contributed by atoms with Gasteiger partial charge < -0.3 is 15.6 Å². The standard InChI is InChI=1S/C11H13F4NO2/c1-6(16)8-4-7(12)2-3-9(8)18-5-10(17)11(13,14)15/h2-4,6,10,17H,5,16H2,1H3/t6-,10?/m0/s1. The molecule has 2 atom stereocenters. The lowest BCUT2D eigenvalue weighted by Gasteiger charge is -2.18. The van der Waals surface area contributed by atoms with Crippen LogP contribution in [0.1, 0.15) is 18.5 Å². The highest BCUT2D eigenvalue weighted by molar-refractivity contribution is 5.36. The van der Waals surface area contributed by atoms with Crippen molar-refractivity contribution in [2.45, 2.75) is 25.2 Å². The highest BCUT2D eigenvalue weighted by Crippen LogP contribution is 2.26. The minimum absolute atomic E-state index is 0.0229. The van der Waals surface area contributed by atoms with Crippen molar-refractivity contribution in [1.29, 1.82) is 0 Å². The van der Waals surface area contributed by atoms with Crippen LogP contribution in [-0.4, -0.2) is 24.0 Å². The van der Waals surface area contributed by atoms with Gasteiger partial charge in [0.25, 0.3) is 0 Å². The minimum Gasteiger partial charge on any atom is -0.490 e. The fourth-order valence-electron chi connectivity index (χ4n) is 1.27. The zero-order chi connectivity index (χ0) is 13.9. The van der Waals surface area contributed by atoms with Gasteiger partial charge in [0.1, 0.15) is 18.2 Å². The molecule has 3 nitrogen and oxygen atoms in total.